The summed E-state index contributed by atoms with van der Waals surface area (Å²) in [7, 11) is 0. The van der Waals surface area contributed by atoms with E-state index in [-0.39, 0.29) is 21.7 Å². The molecule has 0 bridgehead atoms. The zero-order chi connectivity index (χ0) is 11.7. The summed E-state index contributed by atoms with van der Waals surface area (Å²) in [5.74, 6) is -2.02. The molecule has 0 unspecified atom stereocenters. The van der Waals surface area contributed by atoms with Crippen LogP contribution < -0.4 is 0 Å². The maximum atomic E-state index is 13.3. The van der Waals surface area contributed by atoms with Crippen molar-refractivity contribution in [2.75, 3.05) is 0 Å². The van der Waals surface area contributed by atoms with Crippen molar-refractivity contribution < 1.29 is 13.6 Å². The summed E-state index contributed by atoms with van der Waals surface area (Å²) in [6, 6.07) is 2.35. The summed E-state index contributed by atoms with van der Waals surface area (Å²) in [5, 5.41) is 0. The zero-order valence-electron chi connectivity index (χ0n) is 8.60. The highest BCUT2D eigenvalue weighted by molar-refractivity contribution is 9.10. The molecule has 0 aliphatic heterocycles. The monoisotopic (exact) mass is 288 g/mol. The summed E-state index contributed by atoms with van der Waals surface area (Å²) >= 11 is 2.94. The molecule has 0 aromatic heterocycles. The van der Waals surface area contributed by atoms with E-state index >= 15 is 0 Å². The van der Waals surface area contributed by atoms with Crippen LogP contribution in [0.4, 0.5) is 8.78 Å². The Bertz CT molecular complexity index is 425. The third kappa shape index (κ3) is 2.03. The molecule has 0 N–H and O–H groups in total. The number of rotatable bonds is 2. The van der Waals surface area contributed by atoms with Gasteiger partial charge in [0.05, 0.1) is 4.47 Å². The molecule has 0 saturated heterocycles. The summed E-state index contributed by atoms with van der Waals surface area (Å²) in [6.45, 7) is 0. The Kier molecular flexibility index (Phi) is 3.38. The van der Waals surface area contributed by atoms with Crippen molar-refractivity contribution in [3.8, 4) is 0 Å². The minimum Gasteiger partial charge on any atom is -0.294 e. The van der Waals surface area contributed by atoms with Gasteiger partial charge < -0.3 is 0 Å². The molecule has 86 valence electrons. The van der Waals surface area contributed by atoms with Crippen molar-refractivity contribution in [3.05, 3.63) is 33.8 Å². The van der Waals surface area contributed by atoms with Gasteiger partial charge in [0.25, 0.3) is 0 Å². The van der Waals surface area contributed by atoms with Gasteiger partial charge in [-0.15, -0.1) is 0 Å². The van der Waals surface area contributed by atoms with E-state index in [1.807, 2.05) is 0 Å². The quantitative estimate of drug-likeness (QED) is 0.591. The number of benzene rings is 1. The van der Waals surface area contributed by atoms with Gasteiger partial charge in [0, 0.05) is 11.5 Å². The van der Waals surface area contributed by atoms with E-state index < -0.39 is 11.6 Å². The van der Waals surface area contributed by atoms with Crippen LogP contribution in [0.25, 0.3) is 0 Å². The van der Waals surface area contributed by atoms with E-state index in [4.69, 9.17) is 0 Å². The third-order valence-electron chi connectivity index (χ3n) is 3.03. The average molecular weight is 289 g/mol. The lowest BCUT2D eigenvalue weighted by molar-refractivity contribution is 0.0921. The van der Waals surface area contributed by atoms with Gasteiger partial charge in [-0.2, -0.15) is 0 Å². The Labute approximate surface area is 101 Å². The number of carbonyl (C=O) groups excluding carboxylic acids is 1. The minimum absolute atomic E-state index is 0.0267. The van der Waals surface area contributed by atoms with Gasteiger partial charge in [-0.05, 0) is 40.9 Å². The van der Waals surface area contributed by atoms with E-state index in [0.29, 0.717) is 0 Å². The van der Waals surface area contributed by atoms with Crippen molar-refractivity contribution >= 4 is 21.7 Å². The van der Waals surface area contributed by atoms with Gasteiger partial charge in [-0.1, -0.05) is 12.8 Å². The fourth-order valence-corrected chi connectivity index (χ4v) is 2.64. The normalized spacial score (nSPS) is 16.7. The van der Waals surface area contributed by atoms with E-state index in [1.54, 1.807) is 0 Å². The smallest absolute Gasteiger partial charge is 0.173 e. The number of ketones is 1. The van der Waals surface area contributed by atoms with Crippen LogP contribution in [0.2, 0.25) is 0 Å². The number of hydrogen-bond acceptors (Lipinski definition) is 1. The molecule has 2 rings (SSSR count). The first-order valence-corrected chi connectivity index (χ1v) is 6.08. The highest BCUT2D eigenvalue weighted by Crippen LogP contribution is 2.31. The van der Waals surface area contributed by atoms with Crippen LogP contribution in [-0.4, -0.2) is 5.78 Å². The van der Waals surface area contributed by atoms with Crippen molar-refractivity contribution in [1.82, 2.24) is 0 Å². The first-order chi connectivity index (χ1) is 7.61. The van der Waals surface area contributed by atoms with Crippen LogP contribution in [-0.2, 0) is 0 Å². The fraction of sp³-hybridized carbons (Fsp3) is 0.417. The maximum Gasteiger partial charge on any atom is 0.173 e. The van der Waals surface area contributed by atoms with Gasteiger partial charge in [-0.3, -0.25) is 4.79 Å². The molecule has 1 saturated carbocycles. The van der Waals surface area contributed by atoms with Crippen molar-refractivity contribution in [2.45, 2.75) is 25.7 Å². The van der Waals surface area contributed by atoms with Crippen molar-refractivity contribution in [1.29, 1.82) is 0 Å². The van der Waals surface area contributed by atoms with Gasteiger partial charge >= 0.3 is 0 Å². The topological polar surface area (TPSA) is 17.1 Å². The number of hydrogen-bond donors (Lipinski definition) is 0. The Morgan fingerprint density at radius 3 is 2.50 bits per heavy atom. The molecule has 0 atom stereocenters. The molecule has 1 aliphatic carbocycles. The minimum atomic E-state index is -0.983. The second-order valence-corrected chi connectivity index (χ2v) is 4.86. The van der Waals surface area contributed by atoms with Crippen LogP contribution in [0.5, 0.6) is 0 Å². The molecule has 0 heterocycles. The highest BCUT2D eigenvalue weighted by atomic mass is 79.9. The molecule has 16 heavy (non-hydrogen) atoms. The number of halogens is 3. The highest BCUT2D eigenvalue weighted by Gasteiger charge is 2.26. The predicted molar refractivity (Wildman–Crippen MR) is 60.3 cm³/mol. The zero-order valence-corrected chi connectivity index (χ0v) is 10.2. The summed E-state index contributed by atoms with van der Waals surface area (Å²) in [6.07, 6.45) is 3.78. The van der Waals surface area contributed by atoms with E-state index in [0.717, 1.165) is 31.7 Å². The van der Waals surface area contributed by atoms with Crippen LogP contribution in [0, 0.1) is 17.6 Å². The van der Waals surface area contributed by atoms with Crippen LogP contribution >= 0.6 is 15.9 Å². The maximum absolute atomic E-state index is 13.3. The lowest BCUT2D eigenvalue weighted by Crippen LogP contribution is -2.12. The number of Topliss-reactive ketones (excluding diaryl/α,β-unsaturated/α-hetero) is 1. The lowest BCUT2D eigenvalue weighted by atomic mass is 9.96. The molecular formula is C12H11BrF2O. The SMILES string of the molecule is O=C(c1ccc(F)c(F)c1Br)C1CCCC1. The van der Waals surface area contributed by atoms with Gasteiger partial charge in [-0.25, -0.2) is 8.78 Å². The van der Waals surface area contributed by atoms with Crippen LogP contribution in [0.3, 0.4) is 0 Å². The fourth-order valence-electron chi connectivity index (χ4n) is 2.12. The van der Waals surface area contributed by atoms with E-state index in [1.165, 1.54) is 6.07 Å². The van der Waals surface area contributed by atoms with E-state index in [9.17, 15) is 13.6 Å². The Morgan fingerprint density at radius 2 is 1.88 bits per heavy atom. The number of carbonyl (C=O) groups is 1. The Morgan fingerprint density at radius 1 is 1.25 bits per heavy atom. The average Bonchev–Trinajstić information content (AvgIpc) is 2.79. The molecule has 1 aromatic carbocycles. The summed E-state index contributed by atoms with van der Waals surface area (Å²) in [5.41, 5.74) is 0.255. The first kappa shape index (κ1) is 11.7. The molecule has 0 radical (unpaired) electrons. The van der Waals surface area contributed by atoms with Crippen molar-refractivity contribution in [3.63, 3.8) is 0 Å². The Hall–Kier alpha value is -0.770. The molecule has 4 heteroatoms. The summed E-state index contributed by atoms with van der Waals surface area (Å²) < 4.78 is 26.1. The standard InChI is InChI=1S/C12H11BrF2O/c13-10-8(5-6-9(14)11(10)15)12(16)7-3-1-2-4-7/h5-7H,1-4H2. The van der Waals surface area contributed by atoms with Crippen LogP contribution in [0.1, 0.15) is 36.0 Å². The first-order valence-electron chi connectivity index (χ1n) is 5.29. The third-order valence-corrected chi connectivity index (χ3v) is 3.80. The molecule has 1 nitrogen and oxygen atoms in total. The molecule has 1 aliphatic rings. The summed E-state index contributed by atoms with van der Waals surface area (Å²) in [4.78, 5) is 12.0. The molecule has 1 fully saturated rings. The van der Waals surface area contributed by atoms with Gasteiger partial charge in [0.1, 0.15) is 0 Å². The molecule has 0 spiro atoms. The Balaban J connectivity index is 2.33. The molecule has 0 amide bonds. The molecular weight excluding hydrogens is 278 g/mol. The second kappa shape index (κ2) is 4.62. The molecule has 1 aromatic rings. The predicted octanol–water partition coefficient (Wildman–Crippen LogP) is 4.10. The van der Waals surface area contributed by atoms with Gasteiger partial charge in [0.2, 0.25) is 0 Å². The van der Waals surface area contributed by atoms with Crippen LogP contribution in [0.15, 0.2) is 16.6 Å². The second-order valence-electron chi connectivity index (χ2n) is 4.07. The van der Waals surface area contributed by atoms with Crippen molar-refractivity contribution in [2.24, 2.45) is 5.92 Å². The largest absolute Gasteiger partial charge is 0.294 e. The lowest BCUT2D eigenvalue weighted by Gasteiger charge is -2.10. The van der Waals surface area contributed by atoms with E-state index in [2.05, 4.69) is 15.9 Å². The van der Waals surface area contributed by atoms with Gasteiger partial charge in [0.15, 0.2) is 17.4 Å².